The molecule has 0 unspecified atom stereocenters. The Morgan fingerprint density at radius 1 is 1.03 bits per heavy atom. The van der Waals surface area contributed by atoms with Crippen molar-refractivity contribution in [2.75, 3.05) is 37.6 Å². The molecule has 0 aromatic carbocycles. The molecule has 1 aliphatic rings. The number of hydrogen-bond donors (Lipinski definition) is 5. The number of amides is 4. The van der Waals surface area contributed by atoms with Crippen LogP contribution in [0, 0.1) is 0 Å². The lowest BCUT2D eigenvalue weighted by molar-refractivity contribution is -0.129. The number of hydrazine groups is 3. The van der Waals surface area contributed by atoms with Crippen LogP contribution < -0.4 is 32.1 Å². The third-order valence-electron chi connectivity index (χ3n) is 5.27. The number of carbonyl (C=O) groups is 3. The smallest absolute Gasteiger partial charge is 0.330 e. The number of pyridine rings is 1. The third-order valence-corrected chi connectivity index (χ3v) is 6.48. The molecule has 11 nitrogen and oxygen atoms in total. The molecule has 33 heavy (non-hydrogen) atoms. The van der Waals surface area contributed by atoms with Gasteiger partial charge in [-0.15, -0.1) is 11.3 Å². The van der Waals surface area contributed by atoms with E-state index in [4.69, 9.17) is 0 Å². The second-order valence-corrected chi connectivity index (χ2v) is 8.76. The number of hydrogen-bond acceptors (Lipinski definition) is 8. The van der Waals surface area contributed by atoms with Crippen LogP contribution in [0.4, 0.5) is 10.5 Å². The van der Waals surface area contributed by atoms with Crippen molar-refractivity contribution in [1.82, 2.24) is 37.1 Å². The summed E-state index contributed by atoms with van der Waals surface area (Å²) in [5, 5.41) is 2.72. The van der Waals surface area contributed by atoms with E-state index in [0.29, 0.717) is 13.0 Å². The van der Waals surface area contributed by atoms with Gasteiger partial charge in [0.1, 0.15) is 0 Å². The Morgan fingerprint density at radius 2 is 1.79 bits per heavy atom. The van der Waals surface area contributed by atoms with E-state index in [0.717, 1.165) is 56.8 Å². The number of nitrogens with one attached hydrogen (secondary N) is 5. The quantitative estimate of drug-likeness (QED) is 0.177. The lowest BCUT2D eigenvalue weighted by Crippen LogP contribution is -2.54. The number of rotatable bonds is 11. The normalized spacial score (nSPS) is 13.5. The van der Waals surface area contributed by atoms with Gasteiger partial charge in [0.15, 0.2) is 0 Å². The van der Waals surface area contributed by atoms with Gasteiger partial charge in [0.25, 0.3) is 0 Å². The Bertz CT molecular complexity index is 912. The van der Waals surface area contributed by atoms with Gasteiger partial charge in [0, 0.05) is 55.1 Å². The van der Waals surface area contributed by atoms with E-state index in [2.05, 4.69) is 61.4 Å². The molecule has 12 heteroatoms. The van der Waals surface area contributed by atoms with E-state index in [1.165, 1.54) is 9.75 Å². The summed E-state index contributed by atoms with van der Waals surface area (Å²) in [6.07, 6.45) is 4.89. The minimum absolute atomic E-state index is 0.136. The number of piperazine rings is 1. The first-order valence-electron chi connectivity index (χ1n) is 10.8. The number of aryl methyl sites for hydroxylation is 2. The largest absolute Gasteiger partial charge is 0.367 e. The van der Waals surface area contributed by atoms with E-state index in [9.17, 15) is 14.4 Å². The molecule has 0 saturated carbocycles. The molecule has 3 heterocycles. The molecule has 2 aromatic rings. The fraction of sp³-hybridized carbons (Fsp3) is 0.429. The number of carbonyl (C=O) groups excluding carboxylic acids is 3. The zero-order valence-electron chi connectivity index (χ0n) is 18.6. The van der Waals surface area contributed by atoms with Gasteiger partial charge >= 0.3 is 6.03 Å². The minimum atomic E-state index is -0.401. The van der Waals surface area contributed by atoms with E-state index in [-0.39, 0.29) is 5.91 Å². The average Bonchev–Trinajstić information content (AvgIpc) is 3.28. The highest BCUT2D eigenvalue weighted by Crippen LogP contribution is 2.20. The van der Waals surface area contributed by atoms with Crippen LogP contribution in [0.3, 0.4) is 0 Å². The molecule has 0 bridgehead atoms. The molecule has 1 fully saturated rings. The van der Waals surface area contributed by atoms with Gasteiger partial charge in [0.2, 0.25) is 12.3 Å². The van der Waals surface area contributed by atoms with Crippen LogP contribution in [0.2, 0.25) is 0 Å². The summed E-state index contributed by atoms with van der Waals surface area (Å²) in [4.78, 5) is 44.3. The van der Waals surface area contributed by atoms with Crippen LogP contribution >= 0.6 is 11.3 Å². The van der Waals surface area contributed by atoms with Gasteiger partial charge in [-0.05, 0) is 43.5 Å². The van der Waals surface area contributed by atoms with Crippen molar-refractivity contribution < 1.29 is 14.4 Å². The fourth-order valence-electron chi connectivity index (χ4n) is 3.47. The summed E-state index contributed by atoms with van der Waals surface area (Å²) in [6, 6.07) is 8.01. The third kappa shape index (κ3) is 8.00. The molecule has 178 valence electrons. The predicted octanol–water partition coefficient (Wildman–Crippen LogP) is 0.109. The molecule has 3 rings (SSSR count). The van der Waals surface area contributed by atoms with Crippen molar-refractivity contribution in [2.24, 2.45) is 0 Å². The molecule has 0 atom stereocenters. The molecule has 0 radical (unpaired) electrons. The van der Waals surface area contributed by atoms with Crippen molar-refractivity contribution >= 4 is 35.4 Å². The topological polar surface area (TPSA) is 131 Å². The molecule has 0 spiro atoms. The Balaban J connectivity index is 1.36. The molecule has 1 aliphatic heterocycles. The summed E-state index contributed by atoms with van der Waals surface area (Å²) in [7, 11) is 0. The maximum absolute atomic E-state index is 11.6. The van der Waals surface area contributed by atoms with E-state index in [1.807, 2.05) is 11.1 Å². The molecule has 5 N–H and O–H groups in total. The summed E-state index contributed by atoms with van der Waals surface area (Å²) in [5.74, 6) is 0.136. The summed E-state index contributed by atoms with van der Waals surface area (Å²) >= 11 is 1.74. The van der Waals surface area contributed by atoms with Crippen molar-refractivity contribution in [1.29, 1.82) is 0 Å². The first-order chi connectivity index (χ1) is 16.0. The second kappa shape index (κ2) is 12.7. The molecule has 1 saturated heterocycles. The van der Waals surface area contributed by atoms with E-state index in [1.54, 1.807) is 18.3 Å². The summed E-state index contributed by atoms with van der Waals surface area (Å²) in [6.45, 7) is 5.29. The molecular weight excluding hydrogens is 444 g/mol. The zero-order valence-corrected chi connectivity index (χ0v) is 19.4. The molecule has 2 aromatic heterocycles. The minimum Gasteiger partial charge on any atom is -0.367 e. The molecular formula is C21H30N8O3S. The van der Waals surface area contributed by atoms with Gasteiger partial charge in [-0.25, -0.2) is 4.79 Å². The van der Waals surface area contributed by atoms with Crippen molar-refractivity contribution in [2.45, 2.75) is 26.2 Å². The van der Waals surface area contributed by atoms with Gasteiger partial charge in [0.05, 0.1) is 11.9 Å². The predicted molar refractivity (Wildman–Crippen MR) is 126 cm³/mol. The standard InChI is InChI=1S/C21H30N8O3S/c1-16(31)28-10-12-29(13-11-28)18-4-2-17(23-14-18)3-5-19-6-7-20(33-19)8-9-22-21(32)25-27-26-24-15-30/h2,4,6-7,14-15,26-27H,3,5,8-13H2,1H3,(H,24,30)(H2,22,25,32). The first kappa shape index (κ1) is 24.4. The fourth-order valence-corrected chi connectivity index (χ4v) is 4.49. The number of urea groups is 1. The van der Waals surface area contributed by atoms with Crippen molar-refractivity contribution in [3.63, 3.8) is 0 Å². The lowest BCUT2D eigenvalue weighted by Gasteiger charge is -2.35. The summed E-state index contributed by atoms with van der Waals surface area (Å²) in [5.41, 5.74) is 11.2. The van der Waals surface area contributed by atoms with E-state index >= 15 is 0 Å². The SMILES string of the molecule is CC(=O)N1CCN(c2ccc(CCc3ccc(CCNC(=O)NNNNC=O)s3)nc2)CC1. The highest BCUT2D eigenvalue weighted by atomic mass is 32.1. The van der Waals surface area contributed by atoms with Crippen LogP contribution in [0.25, 0.3) is 0 Å². The summed E-state index contributed by atoms with van der Waals surface area (Å²) < 4.78 is 0. The van der Waals surface area contributed by atoms with Crippen LogP contribution in [0.5, 0.6) is 0 Å². The maximum Gasteiger partial charge on any atom is 0.330 e. The highest BCUT2D eigenvalue weighted by molar-refractivity contribution is 7.12. The highest BCUT2D eigenvalue weighted by Gasteiger charge is 2.18. The van der Waals surface area contributed by atoms with Crippen molar-refractivity contribution in [3.8, 4) is 0 Å². The van der Waals surface area contributed by atoms with Crippen LogP contribution in [0.15, 0.2) is 30.5 Å². The Kier molecular flexibility index (Phi) is 9.42. The monoisotopic (exact) mass is 474 g/mol. The van der Waals surface area contributed by atoms with Crippen LogP contribution in [0.1, 0.15) is 22.4 Å². The van der Waals surface area contributed by atoms with Crippen LogP contribution in [-0.4, -0.2) is 61.0 Å². The average molecular weight is 475 g/mol. The number of nitrogens with zero attached hydrogens (tertiary/aromatic N) is 3. The van der Waals surface area contributed by atoms with Gasteiger partial charge < -0.3 is 15.1 Å². The lowest BCUT2D eigenvalue weighted by atomic mass is 10.2. The first-order valence-corrected chi connectivity index (χ1v) is 11.6. The molecule has 0 aliphatic carbocycles. The number of anilines is 1. The van der Waals surface area contributed by atoms with Gasteiger partial charge in [-0.3, -0.25) is 25.4 Å². The zero-order chi connectivity index (χ0) is 23.5. The Morgan fingerprint density at radius 3 is 2.45 bits per heavy atom. The Labute approximate surface area is 196 Å². The van der Waals surface area contributed by atoms with Gasteiger partial charge in [-0.1, -0.05) is 0 Å². The Hall–Kier alpha value is -3.22. The second-order valence-electron chi connectivity index (χ2n) is 7.51. The van der Waals surface area contributed by atoms with Gasteiger partial charge in [-0.2, -0.15) is 11.1 Å². The van der Waals surface area contributed by atoms with Crippen molar-refractivity contribution in [3.05, 3.63) is 45.9 Å². The van der Waals surface area contributed by atoms with Crippen LogP contribution in [-0.2, 0) is 28.9 Å². The maximum atomic E-state index is 11.6. The number of aromatic nitrogens is 1. The molecule has 4 amide bonds. The van der Waals surface area contributed by atoms with E-state index < -0.39 is 6.03 Å². The number of thiophene rings is 1.